The molecule has 0 aliphatic carbocycles. The second-order valence-electron chi connectivity index (χ2n) is 3.56. The highest BCUT2D eigenvalue weighted by atomic mass is 35.5. The number of carbonyl (C=O) groups excluding carboxylic acids is 1. The van der Waals surface area contributed by atoms with Crippen molar-refractivity contribution in [3.05, 3.63) is 0 Å². The van der Waals surface area contributed by atoms with Gasteiger partial charge in [0.05, 0.1) is 21.1 Å². The van der Waals surface area contributed by atoms with Crippen molar-refractivity contribution in [2.75, 3.05) is 27.7 Å². The maximum absolute atomic E-state index is 10.9. The molecule has 72 valence electrons. The minimum Gasteiger partial charge on any atom is -1.00 e. The molecule has 0 radical (unpaired) electrons. The lowest BCUT2D eigenvalue weighted by Crippen LogP contribution is -3.00. The average Bonchev–Trinajstić information content (AvgIpc) is 1.53. The summed E-state index contributed by atoms with van der Waals surface area (Å²) in [6.45, 7) is 0.270. The molecular weight excluding hydrogens is 182 g/mol. The molecule has 1 N–H and O–H groups in total. The minimum absolute atomic E-state index is 0. The summed E-state index contributed by atoms with van der Waals surface area (Å²) in [6, 6.07) is 0. The Morgan fingerprint density at radius 1 is 1.25 bits per heavy atom. The lowest BCUT2D eigenvalue weighted by Gasteiger charge is -2.22. The normalized spacial score (nSPS) is 10.2. The number of halogens is 1. The summed E-state index contributed by atoms with van der Waals surface area (Å²) >= 11 is 0. The van der Waals surface area contributed by atoms with E-state index in [1.807, 2.05) is 21.1 Å². The molecule has 0 atom stereocenters. The van der Waals surface area contributed by atoms with Gasteiger partial charge in [-0.3, -0.25) is 9.59 Å². The summed E-state index contributed by atoms with van der Waals surface area (Å²) in [4.78, 5) is 20.9. The Morgan fingerprint density at radius 3 is 1.92 bits per heavy atom. The Kier molecular flexibility index (Phi) is 5.94. The maximum Gasteiger partial charge on any atom is 0.311 e. The van der Waals surface area contributed by atoms with Crippen molar-refractivity contribution in [3.8, 4) is 0 Å². The van der Waals surface area contributed by atoms with E-state index in [1.165, 1.54) is 0 Å². The van der Waals surface area contributed by atoms with Gasteiger partial charge in [-0.25, -0.2) is 0 Å². The smallest absolute Gasteiger partial charge is 0.311 e. The maximum atomic E-state index is 10.9. The van der Waals surface area contributed by atoms with E-state index < -0.39 is 5.97 Å². The van der Waals surface area contributed by atoms with Gasteiger partial charge in [-0.15, -0.1) is 0 Å². The SMILES string of the molecule is C[N+](C)(C)CC(=O)CC(=O)O.[Cl-]. The van der Waals surface area contributed by atoms with Crippen molar-refractivity contribution < 1.29 is 31.6 Å². The van der Waals surface area contributed by atoms with E-state index in [4.69, 9.17) is 5.11 Å². The van der Waals surface area contributed by atoms with Crippen LogP contribution in [0.25, 0.3) is 0 Å². The molecule has 0 bridgehead atoms. The van der Waals surface area contributed by atoms with E-state index in [0.717, 1.165) is 0 Å². The van der Waals surface area contributed by atoms with Gasteiger partial charge in [-0.1, -0.05) is 0 Å². The van der Waals surface area contributed by atoms with Gasteiger partial charge in [-0.05, 0) is 0 Å². The van der Waals surface area contributed by atoms with E-state index in [9.17, 15) is 9.59 Å². The van der Waals surface area contributed by atoms with Gasteiger partial charge >= 0.3 is 5.97 Å². The largest absolute Gasteiger partial charge is 1.00 e. The molecule has 0 amide bonds. The van der Waals surface area contributed by atoms with Crippen LogP contribution in [0, 0.1) is 0 Å². The van der Waals surface area contributed by atoms with Gasteiger partial charge in [-0.2, -0.15) is 0 Å². The number of Topliss-reactive ketones (excluding diaryl/α,β-unsaturated/α-hetero) is 1. The van der Waals surface area contributed by atoms with Crippen LogP contribution in [0.3, 0.4) is 0 Å². The average molecular weight is 196 g/mol. The monoisotopic (exact) mass is 195 g/mol. The number of aliphatic carboxylic acids is 1. The van der Waals surface area contributed by atoms with E-state index in [0.29, 0.717) is 4.48 Å². The van der Waals surface area contributed by atoms with Gasteiger partial charge in [0.1, 0.15) is 13.0 Å². The third kappa shape index (κ3) is 9.39. The van der Waals surface area contributed by atoms with Crippen LogP contribution in [0.1, 0.15) is 6.42 Å². The van der Waals surface area contributed by atoms with E-state index in [2.05, 4.69) is 0 Å². The zero-order valence-electron chi connectivity index (χ0n) is 7.50. The second-order valence-corrected chi connectivity index (χ2v) is 3.56. The number of carboxylic acids is 1. The molecule has 12 heavy (non-hydrogen) atoms. The highest BCUT2D eigenvalue weighted by Crippen LogP contribution is 1.93. The number of carbonyl (C=O) groups is 2. The fraction of sp³-hybridized carbons (Fsp3) is 0.714. The van der Waals surface area contributed by atoms with E-state index in [-0.39, 0.29) is 31.2 Å². The van der Waals surface area contributed by atoms with Gasteiger partial charge in [0, 0.05) is 0 Å². The quantitative estimate of drug-likeness (QED) is 0.379. The van der Waals surface area contributed by atoms with Crippen molar-refractivity contribution in [2.24, 2.45) is 0 Å². The van der Waals surface area contributed by atoms with Gasteiger partial charge in [0.25, 0.3) is 0 Å². The molecule has 0 spiro atoms. The van der Waals surface area contributed by atoms with Crippen LogP contribution in [0.5, 0.6) is 0 Å². The molecule has 0 unspecified atom stereocenters. The summed E-state index contributed by atoms with van der Waals surface area (Å²) in [5, 5.41) is 8.25. The number of likely N-dealkylation sites (N-methyl/N-ethyl adjacent to an activating group) is 1. The summed E-state index contributed by atoms with van der Waals surface area (Å²) in [5.41, 5.74) is 0. The third-order valence-electron chi connectivity index (χ3n) is 0.999. The van der Waals surface area contributed by atoms with E-state index in [1.54, 1.807) is 0 Å². The van der Waals surface area contributed by atoms with E-state index >= 15 is 0 Å². The van der Waals surface area contributed by atoms with Crippen LogP contribution < -0.4 is 12.4 Å². The Hall–Kier alpha value is -0.610. The summed E-state index contributed by atoms with van der Waals surface area (Å²) in [5.74, 6) is -1.28. The van der Waals surface area contributed by atoms with Crippen LogP contribution in [0.2, 0.25) is 0 Å². The number of hydrogen-bond acceptors (Lipinski definition) is 2. The van der Waals surface area contributed by atoms with Crippen molar-refractivity contribution >= 4 is 11.8 Å². The van der Waals surface area contributed by atoms with Crippen LogP contribution in [0.4, 0.5) is 0 Å². The lowest BCUT2D eigenvalue weighted by atomic mass is 10.2. The minimum atomic E-state index is -1.05. The Bertz CT molecular complexity index is 174. The summed E-state index contributed by atoms with van der Waals surface area (Å²) in [7, 11) is 5.54. The topological polar surface area (TPSA) is 54.4 Å². The standard InChI is InChI=1S/C7H13NO3.ClH/c1-8(2,3)5-6(9)4-7(10)11;/h4-5H2,1-3H3;1H. The molecule has 4 nitrogen and oxygen atoms in total. The highest BCUT2D eigenvalue weighted by molar-refractivity contribution is 5.95. The second kappa shape index (κ2) is 5.11. The van der Waals surface area contributed by atoms with Crippen LogP contribution in [0.15, 0.2) is 0 Å². The molecular formula is C7H14ClNO3. The number of nitrogens with zero attached hydrogens (tertiary/aromatic N) is 1. The fourth-order valence-corrected chi connectivity index (χ4v) is 0.754. The van der Waals surface area contributed by atoms with Crippen LogP contribution >= 0.6 is 0 Å². The summed E-state index contributed by atoms with van der Waals surface area (Å²) < 4.78 is 0.478. The predicted molar refractivity (Wildman–Crippen MR) is 40.2 cm³/mol. The molecule has 0 aromatic carbocycles. The summed E-state index contributed by atoms with van der Waals surface area (Å²) in [6.07, 6.45) is -0.366. The highest BCUT2D eigenvalue weighted by Gasteiger charge is 2.16. The molecule has 0 aliphatic rings. The van der Waals surface area contributed by atoms with Crippen molar-refractivity contribution in [1.29, 1.82) is 0 Å². The Balaban J connectivity index is 0. The zero-order valence-corrected chi connectivity index (χ0v) is 8.26. The molecule has 0 aromatic rings. The Labute approximate surface area is 78.2 Å². The number of hydrogen-bond donors (Lipinski definition) is 1. The molecule has 0 heterocycles. The lowest BCUT2D eigenvalue weighted by molar-refractivity contribution is -0.862. The van der Waals surface area contributed by atoms with Crippen molar-refractivity contribution in [2.45, 2.75) is 6.42 Å². The molecule has 5 heteroatoms. The van der Waals surface area contributed by atoms with Crippen LogP contribution in [-0.4, -0.2) is 49.0 Å². The molecule has 0 aliphatic heterocycles. The van der Waals surface area contributed by atoms with Crippen molar-refractivity contribution in [3.63, 3.8) is 0 Å². The predicted octanol–water partition coefficient (Wildman–Crippen LogP) is -3.26. The van der Waals surface area contributed by atoms with Crippen LogP contribution in [-0.2, 0) is 9.59 Å². The number of ketones is 1. The number of quaternary nitrogens is 1. The molecule has 0 fully saturated rings. The van der Waals surface area contributed by atoms with Crippen molar-refractivity contribution in [1.82, 2.24) is 0 Å². The number of carboxylic acid groups (broad SMARTS) is 1. The third-order valence-corrected chi connectivity index (χ3v) is 0.999. The van der Waals surface area contributed by atoms with Gasteiger partial charge in [0.15, 0.2) is 5.78 Å². The Morgan fingerprint density at radius 2 is 1.67 bits per heavy atom. The first-order valence-corrected chi connectivity index (χ1v) is 3.35. The molecule has 0 rings (SSSR count). The number of rotatable bonds is 4. The first kappa shape index (κ1) is 13.9. The molecule has 0 saturated carbocycles. The van der Waals surface area contributed by atoms with Gasteiger partial charge < -0.3 is 22.0 Å². The molecule has 0 aromatic heterocycles. The fourth-order valence-electron chi connectivity index (χ4n) is 0.754. The first-order valence-electron chi connectivity index (χ1n) is 3.35. The zero-order chi connectivity index (χ0) is 9.07. The van der Waals surface area contributed by atoms with Gasteiger partial charge in [0.2, 0.25) is 0 Å². The first-order chi connectivity index (χ1) is 4.81. The molecule has 0 saturated heterocycles.